The number of aldehydes is 1. The summed E-state index contributed by atoms with van der Waals surface area (Å²) in [4.78, 5) is 24.0. The second kappa shape index (κ2) is 5.82. The molecule has 6 rings (SSSR count). The van der Waals surface area contributed by atoms with Crippen molar-refractivity contribution in [1.82, 2.24) is 0 Å². The lowest BCUT2D eigenvalue weighted by Crippen LogP contribution is -2.59. The fourth-order valence-corrected chi connectivity index (χ4v) is 8.66. The van der Waals surface area contributed by atoms with Gasteiger partial charge in [-0.05, 0) is 86.7 Å². The predicted molar refractivity (Wildman–Crippen MR) is 105 cm³/mol. The van der Waals surface area contributed by atoms with Gasteiger partial charge in [0.05, 0.1) is 18.5 Å². The molecule has 4 aliphatic carbocycles. The first-order valence-electron chi connectivity index (χ1n) is 11.4. The molecule has 1 aromatic heterocycles. The predicted octanol–water partition coefficient (Wildman–Crippen LogP) is 3.44. The zero-order chi connectivity index (χ0) is 20.0. The van der Waals surface area contributed by atoms with Crippen LogP contribution >= 0.6 is 0 Å². The molecule has 2 heterocycles. The van der Waals surface area contributed by atoms with Gasteiger partial charge in [-0.1, -0.05) is 6.92 Å². The van der Waals surface area contributed by atoms with Crippen LogP contribution in [-0.4, -0.2) is 29.2 Å². The first-order chi connectivity index (χ1) is 13.9. The first kappa shape index (κ1) is 18.3. The summed E-state index contributed by atoms with van der Waals surface area (Å²) in [6.45, 7) is 2.37. The van der Waals surface area contributed by atoms with Crippen LogP contribution in [0.1, 0.15) is 69.8 Å². The molecule has 5 aliphatic rings. The summed E-state index contributed by atoms with van der Waals surface area (Å²) in [6.07, 6.45) is 10.5. The fraction of sp³-hybridized carbons (Fsp3) is 0.750. The third-order valence-electron chi connectivity index (χ3n) is 9.97. The molecule has 5 nitrogen and oxygen atoms in total. The SMILES string of the molecule is C[C@]12CC[C@H]3[C@@H](CC[C@@H]4C[C@@H](O)CC[C@@]43C=O)[C@]13O[C@@H]3CC2c1ccc(=O)oc1. The molecule has 0 bridgehead atoms. The van der Waals surface area contributed by atoms with Gasteiger partial charge in [-0.25, -0.2) is 4.79 Å². The maximum Gasteiger partial charge on any atom is 0.335 e. The van der Waals surface area contributed by atoms with E-state index in [1.807, 2.05) is 6.07 Å². The molecule has 1 aromatic rings. The lowest BCUT2D eigenvalue weighted by Gasteiger charge is -2.60. The van der Waals surface area contributed by atoms with Crippen molar-refractivity contribution in [2.75, 3.05) is 0 Å². The minimum Gasteiger partial charge on any atom is -0.431 e. The van der Waals surface area contributed by atoms with Crippen molar-refractivity contribution in [3.8, 4) is 0 Å². The van der Waals surface area contributed by atoms with Crippen molar-refractivity contribution in [2.24, 2.45) is 28.6 Å². The molecule has 5 fully saturated rings. The van der Waals surface area contributed by atoms with Crippen molar-refractivity contribution in [3.63, 3.8) is 0 Å². The summed E-state index contributed by atoms with van der Waals surface area (Å²) in [5.74, 6) is 1.45. The van der Waals surface area contributed by atoms with Crippen molar-refractivity contribution in [3.05, 3.63) is 34.4 Å². The Kier molecular flexibility index (Phi) is 3.68. The number of fused-ring (bicyclic) bond motifs is 3. The zero-order valence-corrected chi connectivity index (χ0v) is 17.0. The highest BCUT2D eigenvalue weighted by Gasteiger charge is 2.80. The molecule has 1 saturated heterocycles. The molecule has 4 saturated carbocycles. The molecule has 5 heteroatoms. The Morgan fingerprint density at radius 1 is 1.10 bits per heavy atom. The van der Waals surface area contributed by atoms with E-state index in [2.05, 4.69) is 6.92 Å². The van der Waals surface area contributed by atoms with Crippen LogP contribution in [0.4, 0.5) is 0 Å². The van der Waals surface area contributed by atoms with E-state index >= 15 is 0 Å². The Labute approximate surface area is 170 Å². The number of aliphatic hydroxyl groups is 1. The Bertz CT molecular complexity index is 888. The van der Waals surface area contributed by atoms with Gasteiger partial charge >= 0.3 is 5.63 Å². The number of hydrogen-bond donors (Lipinski definition) is 1. The smallest absolute Gasteiger partial charge is 0.335 e. The third kappa shape index (κ3) is 2.13. The minimum absolute atomic E-state index is 0.0177. The maximum atomic E-state index is 12.5. The van der Waals surface area contributed by atoms with Crippen LogP contribution in [0, 0.1) is 28.6 Å². The van der Waals surface area contributed by atoms with Crippen LogP contribution in [0.15, 0.2) is 27.6 Å². The molecule has 1 unspecified atom stereocenters. The van der Waals surface area contributed by atoms with Gasteiger partial charge in [0, 0.05) is 16.9 Å². The molecule has 29 heavy (non-hydrogen) atoms. The summed E-state index contributed by atoms with van der Waals surface area (Å²) in [6, 6.07) is 3.46. The van der Waals surface area contributed by atoms with E-state index in [1.165, 1.54) is 12.4 Å². The number of carbonyl (C=O) groups is 1. The van der Waals surface area contributed by atoms with Crippen LogP contribution in [0.5, 0.6) is 0 Å². The molecule has 156 valence electrons. The molecule has 0 radical (unpaired) electrons. The van der Waals surface area contributed by atoms with E-state index in [-0.39, 0.29) is 34.3 Å². The number of rotatable bonds is 2. The highest BCUT2D eigenvalue weighted by molar-refractivity contribution is 5.62. The minimum atomic E-state index is -0.303. The molecule has 9 atom stereocenters. The van der Waals surface area contributed by atoms with E-state index in [9.17, 15) is 14.7 Å². The zero-order valence-electron chi connectivity index (χ0n) is 17.0. The van der Waals surface area contributed by atoms with Gasteiger partial charge in [-0.2, -0.15) is 0 Å². The Hall–Kier alpha value is -1.46. The lowest BCUT2D eigenvalue weighted by atomic mass is 9.44. The van der Waals surface area contributed by atoms with E-state index in [0.29, 0.717) is 23.7 Å². The first-order valence-corrected chi connectivity index (χ1v) is 11.4. The van der Waals surface area contributed by atoms with Gasteiger partial charge in [-0.15, -0.1) is 0 Å². The topological polar surface area (TPSA) is 80.0 Å². The average molecular weight is 398 g/mol. The van der Waals surface area contributed by atoms with Crippen LogP contribution in [0.2, 0.25) is 0 Å². The van der Waals surface area contributed by atoms with Crippen LogP contribution < -0.4 is 5.63 Å². The van der Waals surface area contributed by atoms with Gasteiger partial charge < -0.3 is 19.1 Å². The second-order valence-electron chi connectivity index (χ2n) is 10.7. The Morgan fingerprint density at radius 3 is 2.72 bits per heavy atom. The molecule has 1 N–H and O–H groups in total. The number of aliphatic hydroxyl groups excluding tert-OH is 1. The van der Waals surface area contributed by atoms with Crippen molar-refractivity contribution in [1.29, 1.82) is 0 Å². The lowest BCUT2D eigenvalue weighted by molar-refractivity contribution is -0.158. The summed E-state index contributed by atoms with van der Waals surface area (Å²) >= 11 is 0. The molecule has 0 amide bonds. The van der Waals surface area contributed by atoms with Gasteiger partial charge in [0.2, 0.25) is 0 Å². The van der Waals surface area contributed by atoms with Gasteiger partial charge in [0.25, 0.3) is 0 Å². The fourth-order valence-electron chi connectivity index (χ4n) is 8.66. The average Bonchev–Trinajstić information content (AvgIpc) is 3.38. The van der Waals surface area contributed by atoms with Crippen molar-refractivity contribution in [2.45, 2.75) is 82.0 Å². The van der Waals surface area contributed by atoms with Gasteiger partial charge in [0.15, 0.2) is 0 Å². The maximum absolute atomic E-state index is 12.5. The largest absolute Gasteiger partial charge is 0.431 e. The van der Waals surface area contributed by atoms with E-state index in [4.69, 9.17) is 9.15 Å². The highest BCUT2D eigenvalue weighted by atomic mass is 16.6. The summed E-state index contributed by atoms with van der Waals surface area (Å²) in [5.41, 5.74) is 0.423. The number of carbonyl (C=O) groups excluding carboxylic acids is 1. The van der Waals surface area contributed by atoms with Crippen LogP contribution in [0.3, 0.4) is 0 Å². The summed E-state index contributed by atoms with van der Waals surface area (Å²) < 4.78 is 11.7. The van der Waals surface area contributed by atoms with Gasteiger partial charge in [-0.3, -0.25) is 0 Å². The molecule has 1 aliphatic heterocycles. The van der Waals surface area contributed by atoms with E-state index in [0.717, 1.165) is 56.9 Å². The normalized spacial score (nSPS) is 52.6. The monoisotopic (exact) mass is 398 g/mol. The van der Waals surface area contributed by atoms with E-state index < -0.39 is 0 Å². The number of ether oxygens (including phenoxy) is 1. The quantitative estimate of drug-likeness (QED) is 0.610. The van der Waals surface area contributed by atoms with Crippen LogP contribution in [0.25, 0.3) is 0 Å². The number of hydrogen-bond acceptors (Lipinski definition) is 5. The third-order valence-corrected chi connectivity index (χ3v) is 9.97. The standard InChI is InChI=1S/C24H30O5/c1-22-8-7-17-18(4-3-15-10-16(26)6-9-23(15,17)13-25)24(22)20(29-24)11-19(22)14-2-5-21(27)28-12-14/h2,5,12-13,15-20,26H,3-4,6-11H2,1H3/t15-,16+,17+,18-,19?,20-,22-,23-,24-/m1/s1. The summed E-state index contributed by atoms with van der Waals surface area (Å²) in [5, 5.41) is 10.2. The molecule has 0 aromatic carbocycles. The van der Waals surface area contributed by atoms with Crippen molar-refractivity contribution >= 4 is 6.29 Å². The Morgan fingerprint density at radius 2 is 1.97 bits per heavy atom. The second-order valence-corrected chi connectivity index (χ2v) is 10.7. The Balaban J connectivity index is 1.37. The van der Waals surface area contributed by atoms with Crippen molar-refractivity contribution < 1.29 is 19.1 Å². The highest BCUT2D eigenvalue weighted by Crippen LogP contribution is 2.77. The summed E-state index contributed by atoms with van der Waals surface area (Å²) in [7, 11) is 0. The molecular formula is C24H30O5. The van der Waals surface area contributed by atoms with Gasteiger partial charge in [0.1, 0.15) is 11.9 Å². The van der Waals surface area contributed by atoms with Crippen LogP contribution in [-0.2, 0) is 9.53 Å². The number of epoxide rings is 1. The molecule has 1 spiro atoms. The van der Waals surface area contributed by atoms with E-state index in [1.54, 1.807) is 6.26 Å². The molecular weight excluding hydrogens is 368 g/mol.